The van der Waals surface area contributed by atoms with E-state index < -0.39 is 0 Å². The third-order valence-corrected chi connectivity index (χ3v) is 2.65. The molecule has 0 aliphatic heterocycles. The van der Waals surface area contributed by atoms with Crippen molar-refractivity contribution in [1.82, 2.24) is 10.2 Å². The highest BCUT2D eigenvalue weighted by molar-refractivity contribution is 5.43. The van der Waals surface area contributed by atoms with Gasteiger partial charge in [-0.1, -0.05) is 33.6 Å². The molecule has 0 aliphatic carbocycles. The topological polar surface area (TPSA) is 54.7 Å². The van der Waals surface area contributed by atoms with Gasteiger partial charge in [0, 0.05) is 11.3 Å². The van der Waals surface area contributed by atoms with Crippen molar-refractivity contribution < 1.29 is 0 Å². The van der Waals surface area contributed by atoms with Gasteiger partial charge >= 0.3 is 0 Å². The maximum atomic E-state index is 5.82. The van der Waals surface area contributed by atoms with Gasteiger partial charge in [-0.15, -0.1) is 0 Å². The van der Waals surface area contributed by atoms with Crippen molar-refractivity contribution in [3.8, 4) is 0 Å². The Morgan fingerprint density at radius 2 is 2.07 bits per heavy atom. The Kier molecular flexibility index (Phi) is 3.98. The van der Waals surface area contributed by atoms with Crippen molar-refractivity contribution in [2.75, 3.05) is 5.73 Å². The van der Waals surface area contributed by atoms with E-state index in [4.69, 9.17) is 5.73 Å². The minimum atomic E-state index is 0.548. The number of hydrogen-bond donors (Lipinski definition) is 2. The maximum absolute atomic E-state index is 5.82. The van der Waals surface area contributed by atoms with Gasteiger partial charge in [0.2, 0.25) is 0 Å². The van der Waals surface area contributed by atoms with Crippen LogP contribution >= 0.6 is 0 Å². The normalized spacial score (nSPS) is 13.1. The zero-order chi connectivity index (χ0) is 10.6. The van der Waals surface area contributed by atoms with Crippen LogP contribution in [-0.2, 0) is 6.42 Å². The first-order valence-corrected chi connectivity index (χ1v) is 5.53. The Labute approximate surface area is 86.1 Å². The molecule has 0 bridgehead atoms. The molecule has 0 fully saturated rings. The lowest BCUT2D eigenvalue weighted by Crippen LogP contribution is -1.99. The Hall–Kier alpha value is -0.990. The number of aromatic nitrogens is 2. The van der Waals surface area contributed by atoms with Crippen molar-refractivity contribution in [3.63, 3.8) is 0 Å². The Balaban J connectivity index is 2.84. The van der Waals surface area contributed by atoms with Gasteiger partial charge in [0.25, 0.3) is 0 Å². The predicted octanol–water partition coefficient (Wildman–Crippen LogP) is 2.85. The molecule has 0 saturated heterocycles. The summed E-state index contributed by atoms with van der Waals surface area (Å²) in [7, 11) is 0. The lowest BCUT2D eigenvalue weighted by atomic mass is 9.97. The van der Waals surface area contributed by atoms with E-state index in [-0.39, 0.29) is 0 Å². The number of H-pyrrole nitrogens is 1. The molecule has 0 saturated carbocycles. The molecule has 3 heteroatoms. The first-order valence-electron chi connectivity index (χ1n) is 5.53. The van der Waals surface area contributed by atoms with E-state index in [9.17, 15) is 0 Å². The zero-order valence-corrected chi connectivity index (χ0v) is 9.43. The molecular formula is C11H21N3. The lowest BCUT2D eigenvalue weighted by Gasteiger charge is -2.10. The van der Waals surface area contributed by atoms with Gasteiger partial charge in [-0.2, -0.15) is 5.10 Å². The first-order chi connectivity index (χ1) is 6.70. The van der Waals surface area contributed by atoms with E-state index in [1.807, 2.05) is 0 Å². The van der Waals surface area contributed by atoms with Crippen LogP contribution in [0.2, 0.25) is 0 Å². The highest BCUT2D eigenvalue weighted by Crippen LogP contribution is 2.26. The average molecular weight is 195 g/mol. The van der Waals surface area contributed by atoms with Gasteiger partial charge in [-0.3, -0.25) is 5.10 Å². The van der Waals surface area contributed by atoms with Crippen molar-refractivity contribution in [1.29, 1.82) is 0 Å². The van der Waals surface area contributed by atoms with Crippen LogP contribution in [0.25, 0.3) is 0 Å². The molecule has 0 radical (unpaired) electrons. The summed E-state index contributed by atoms with van der Waals surface area (Å²) in [5.74, 6) is 1.23. The maximum Gasteiger partial charge on any atom is 0.148 e. The van der Waals surface area contributed by atoms with Gasteiger partial charge < -0.3 is 5.73 Å². The standard InChI is InChI=1S/C11H21N3/c1-4-6-8(3)10-9(7-5-2)11(12)14-13-10/h8H,4-7H2,1-3H3,(H3,12,13,14). The zero-order valence-electron chi connectivity index (χ0n) is 9.43. The number of aromatic amines is 1. The Bertz CT molecular complexity index is 278. The van der Waals surface area contributed by atoms with Crippen LogP contribution in [0.15, 0.2) is 0 Å². The minimum absolute atomic E-state index is 0.548. The largest absolute Gasteiger partial charge is 0.382 e. The van der Waals surface area contributed by atoms with Crippen LogP contribution in [0.1, 0.15) is 57.2 Å². The number of nitrogens with two attached hydrogens (primary N) is 1. The van der Waals surface area contributed by atoms with Crippen LogP contribution < -0.4 is 5.73 Å². The molecule has 0 aromatic carbocycles. The molecule has 3 N–H and O–H groups in total. The van der Waals surface area contributed by atoms with Crippen LogP contribution in [0.3, 0.4) is 0 Å². The Morgan fingerprint density at radius 1 is 1.36 bits per heavy atom. The summed E-state index contributed by atoms with van der Waals surface area (Å²) >= 11 is 0. The van der Waals surface area contributed by atoms with E-state index in [1.54, 1.807) is 0 Å². The number of rotatable bonds is 5. The summed E-state index contributed by atoms with van der Waals surface area (Å²) in [5, 5.41) is 7.16. The van der Waals surface area contributed by atoms with Crippen molar-refractivity contribution in [3.05, 3.63) is 11.3 Å². The third kappa shape index (κ3) is 2.28. The molecule has 1 atom stereocenters. The summed E-state index contributed by atoms with van der Waals surface area (Å²) in [6, 6.07) is 0. The third-order valence-electron chi connectivity index (χ3n) is 2.65. The van der Waals surface area contributed by atoms with E-state index in [0.717, 1.165) is 12.8 Å². The second-order valence-corrected chi connectivity index (χ2v) is 3.94. The fourth-order valence-corrected chi connectivity index (χ4v) is 1.89. The summed E-state index contributed by atoms with van der Waals surface area (Å²) in [5.41, 5.74) is 8.29. The molecule has 1 rings (SSSR count). The summed E-state index contributed by atoms with van der Waals surface area (Å²) in [6.45, 7) is 6.60. The summed E-state index contributed by atoms with van der Waals surface area (Å²) in [4.78, 5) is 0. The second-order valence-electron chi connectivity index (χ2n) is 3.94. The molecular weight excluding hydrogens is 174 g/mol. The fourth-order valence-electron chi connectivity index (χ4n) is 1.89. The average Bonchev–Trinajstić information content (AvgIpc) is 2.50. The van der Waals surface area contributed by atoms with E-state index in [2.05, 4.69) is 31.0 Å². The van der Waals surface area contributed by atoms with Crippen molar-refractivity contribution in [2.24, 2.45) is 0 Å². The van der Waals surface area contributed by atoms with Gasteiger partial charge in [0.15, 0.2) is 0 Å². The molecule has 1 aromatic rings. The quantitative estimate of drug-likeness (QED) is 0.759. The van der Waals surface area contributed by atoms with Crippen LogP contribution in [0, 0.1) is 0 Å². The van der Waals surface area contributed by atoms with Crippen LogP contribution in [-0.4, -0.2) is 10.2 Å². The first kappa shape index (κ1) is 11.1. The smallest absolute Gasteiger partial charge is 0.148 e. The predicted molar refractivity (Wildman–Crippen MR) is 60.3 cm³/mol. The van der Waals surface area contributed by atoms with Crippen LogP contribution in [0.5, 0.6) is 0 Å². The monoisotopic (exact) mass is 195 g/mol. The molecule has 80 valence electrons. The highest BCUT2D eigenvalue weighted by Gasteiger charge is 2.14. The fraction of sp³-hybridized carbons (Fsp3) is 0.727. The SMILES string of the molecule is CCCc1c(N)n[nH]c1C(C)CCC. The number of anilines is 1. The van der Waals surface area contributed by atoms with Gasteiger partial charge in [0.1, 0.15) is 5.82 Å². The van der Waals surface area contributed by atoms with Crippen LogP contribution in [0.4, 0.5) is 5.82 Å². The molecule has 0 aliphatic rings. The molecule has 3 nitrogen and oxygen atoms in total. The van der Waals surface area contributed by atoms with E-state index in [1.165, 1.54) is 24.1 Å². The minimum Gasteiger partial charge on any atom is -0.382 e. The number of hydrogen-bond acceptors (Lipinski definition) is 2. The molecule has 0 spiro atoms. The van der Waals surface area contributed by atoms with Gasteiger partial charge in [-0.05, 0) is 18.8 Å². The number of nitrogens with zero attached hydrogens (tertiary/aromatic N) is 1. The van der Waals surface area contributed by atoms with Gasteiger partial charge in [-0.25, -0.2) is 0 Å². The van der Waals surface area contributed by atoms with E-state index >= 15 is 0 Å². The summed E-state index contributed by atoms with van der Waals surface area (Å²) in [6.07, 6.45) is 4.55. The number of nitrogen functional groups attached to an aromatic ring is 1. The molecule has 1 aromatic heterocycles. The van der Waals surface area contributed by atoms with Crippen molar-refractivity contribution >= 4 is 5.82 Å². The van der Waals surface area contributed by atoms with E-state index in [0.29, 0.717) is 11.7 Å². The second kappa shape index (κ2) is 5.03. The lowest BCUT2D eigenvalue weighted by molar-refractivity contribution is 0.637. The van der Waals surface area contributed by atoms with Crippen molar-refractivity contribution in [2.45, 2.75) is 52.4 Å². The highest BCUT2D eigenvalue weighted by atomic mass is 15.2. The molecule has 14 heavy (non-hydrogen) atoms. The molecule has 0 amide bonds. The molecule has 1 unspecified atom stereocenters. The number of nitrogens with one attached hydrogen (secondary N) is 1. The Morgan fingerprint density at radius 3 is 2.64 bits per heavy atom. The van der Waals surface area contributed by atoms with Gasteiger partial charge in [0.05, 0.1) is 0 Å². The summed E-state index contributed by atoms with van der Waals surface area (Å²) < 4.78 is 0. The molecule has 1 heterocycles.